The molecule has 22 heavy (non-hydrogen) atoms. The Bertz CT molecular complexity index is 588. The van der Waals surface area contributed by atoms with Gasteiger partial charge in [-0.05, 0) is 37.3 Å². The number of hydrogen-bond donors (Lipinski definition) is 1. The summed E-state index contributed by atoms with van der Waals surface area (Å²) in [4.78, 5) is 11.0. The number of pyridine rings is 1. The van der Waals surface area contributed by atoms with E-state index in [1.807, 2.05) is 18.3 Å². The second-order valence-corrected chi connectivity index (χ2v) is 5.61. The number of hydrogen-bond acceptors (Lipinski definition) is 6. The summed E-state index contributed by atoms with van der Waals surface area (Å²) in [7, 11) is 0. The molecule has 1 atom stereocenters. The molecular formula is C16H22N6. The number of rotatable bonds is 5. The molecule has 116 valence electrons. The Labute approximate surface area is 131 Å². The Morgan fingerprint density at radius 2 is 2.27 bits per heavy atom. The smallest absolute Gasteiger partial charge is 0.247 e. The van der Waals surface area contributed by atoms with Crippen LogP contribution in [0.25, 0.3) is 0 Å². The minimum Gasteiger partial charge on any atom is -0.364 e. The van der Waals surface area contributed by atoms with Gasteiger partial charge in [-0.15, -0.1) is 5.10 Å². The van der Waals surface area contributed by atoms with Gasteiger partial charge in [-0.1, -0.05) is 13.0 Å². The van der Waals surface area contributed by atoms with Crippen LogP contribution in [-0.4, -0.2) is 32.8 Å². The molecule has 0 aromatic carbocycles. The van der Waals surface area contributed by atoms with Crippen molar-refractivity contribution in [3.05, 3.63) is 36.3 Å². The van der Waals surface area contributed by atoms with Crippen LogP contribution in [0.5, 0.6) is 0 Å². The van der Waals surface area contributed by atoms with Crippen molar-refractivity contribution < 1.29 is 0 Å². The van der Waals surface area contributed by atoms with Crippen molar-refractivity contribution in [2.75, 3.05) is 16.8 Å². The Balaban J connectivity index is 1.69. The highest BCUT2D eigenvalue weighted by atomic mass is 15.3. The van der Waals surface area contributed by atoms with Crippen LogP contribution >= 0.6 is 0 Å². The van der Waals surface area contributed by atoms with Crippen LogP contribution < -0.4 is 10.2 Å². The molecule has 0 spiro atoms. The summed E-state index contributed by atoms with van der Waals surface area (Å²) in [6.07, 6.45) is 10.1. The van der Waals surface area contributed by atoms with Gasteiger partial charge in [0.15, 0.2) is 5.82 Å². The molecule has 1 unspecified atom stereocenters. The van der Waals surface area contributed by atoms with Crippen molar-refractivity contribution in [3.63, 3.8) is 0 Å². The Kier molecular flexibility index (Phi) is 4.78. The predicted molar refractivity (Wildman–Crippen MR) is 86.7 cm³/mol. The standard InChI is InChI=1S/C16H22N6/c1-2-14-7-3-4-9-22(14)16-20-15(12-19-21-16)18-11-13-6-5-8-17-10-13/h5-6,8,10,12,14H,2-4,7,9,11H2,1H3,(H,18,20,21). The number of nitrogens with zero attached hydrogens (tertiary/aromatic N) is 5. The molecule has 3 heterocycles. The number of nitrogens with one attached hydrogen (secondary N) is 1. The van der Waals surface area contributed by atoms with Gasteiger partial charge in [0.05, 0.1) is 6.20 Å². The monoisotopic (exact) mass is 298 g/mol. The minimum absolute atomic E-state index is 0.532. The zero-order chi connectivity index (χ0) is 15.2. The topological polar surface area (TPSA) is 66.8 Å². The van der Waals surface area contributed by atoms with E-state index in [4.69, 9.17) is 0 Å². The highest BCUT2D eigenvalue weighted by Gasteiger charge is 2.23. The van der Waals surface area contributed by atoms with E-state index in [9.17, 15) is 0 Å². The lowest BCUT2D eigenvalue weighted by Crippen LogP contribution is -2.40. The van der Waals surface area contributed by atoms with E-state index < -0.39 is 0 Å². The van der Waals surface area contributed by atoms with Crippen molar-refractivity contribution in [2.45, 2.75) is 45.2 Å². The third-order valence-electron chi connectivity index (χ3n) is 4.10. The molecule has 2 aromatic rings. The summed E-state index contributed by atoms with van der Waals surface area (Å²) >= 11 is 0. The summed E-state index contributed by atoms with van der Waals surface area (Å²) in [5.41, 5.74) is 1.12. The Morgan fingerprint density at radius 1 is 1.32 bits per heavy atom. The van der Waals surface area contributed by atoms with Crippen LogP contribution in [0.15, 0.2) is 30.7 Å². The van der Waals surface area contributed by atoms with Gasteiger partial charge < -0.3 is 10.2 Å². The second-order valence-electron chi connectivity index (χ2n) is 5.61. The maximum absolute atomic E-state index is 4.63. The molecule has 0 aliphatic carbocycles. The van der Waals surface area contributed by atoms with Gasteiger partial charge in [0.2, 0.25) is 5.95 Å². The number of aromatic nitrogens is 4. The van der Waals surface area contributed by atoms with E-state index in [1.165, 1.54) is 19.3 Å². The van der Waals surface area contributed by atoms with Gasteiger partial charge in [-0.25, -0.2) is 0 Å². The average Bonchev–Trinajstić information content (AvgIpc) is 2.61. The molecule has 0 bridgehead atoms. The van der Waals surface area contributed by atoms with Gasteiger partial charge >= 0.3 is 0 Å². The minimum atomic E-state index is 0.532. The first-order chi connectivity index (χ1) is 10.9. The fourth-order valence-electron chi connectivity index (χ4n) is 2.88. The van der Waals surface area contributed by atoms with Crippen LogP contribution in [0.1, 0.15) is 38.2 Å². The van der Waals surface area contributed by atoms with Crippen molar-refractivity contribution in [1.82, 2.24) is 20.2 Å². The zero-order valence-corrected chi connectivity index (χ0v) is 12.9. The van der Waals surface area contributed by atoms with E-state index in [0.717, 1.165) is 30.3 Å². The highest BCUT2D eigenvalue weighted by Crippen LogP contribution is 2.23. The summed E-state index contributed by atoms with van der Waals surface area (Å²) in [6, 6.07) is 4.50. The molecule has 1 fully saturated rings. The molecule has 6 heteroatoms. The maximum atomic E-state index is 4.63. The van der Waals surface area contributed by atoms with E-state index in [0.29, 0.717) is 12.6 Å². The fraction of sp³-hybridized carbons (Fsp3) is 0.500. The van der Waals surface area contributed by atoms with E-state index >= 15 is 0 Å². The quantitative estimate of drug-likeness (QED) is 0.915. The van der Waals surface area contributed by atoms with Crippen molar-refractivity contribution in [3.8, 4) is 0 Å². The largest absolute Gasteiger partial charge is 0.364 e. The van der Waals surface area contributed by atoms with Gasteiger partial charge in [0.25, 0.3) is 0 Å². The van der Waals surface area contributed by atoms with Crippen molar-refractivity contribution >= 4 is 11.8 Å². The third kappa shape index (κ3) is 3.50. The highest BCUT2D eigenvalue weighted by molar-refractivity contribution is 5.40. The van der Waals surface area contributed by atoms with Crippen molar-refractivity contribution in [2.24, 2.45) is 0 Å². The van der Waals surface area contributed by atoms with Gasteiger partial charge in [-0.2, -0.15) is 10.1 Å². The molecule has 1 aliphatic rings. The molecule has 2 aromatic heterocycles. The Hall–Kier alpha value is -2.24. The van der Waals surface area contributed by atoms with Gasteiger partial charge in [0.1, 0.15) is 0 Å². The molecule has 0 amide bonds. The third-order valence-corrected chi connectivity index (χ3v) is 4.10. The molecule has 6 nitrogen and oxygen atoms in total. The van der Waals surface area contributed by atoms with Crippen LogP contribution in [0, 0.1) is 0 Å². The maximum Gasteiger partial charge on any atom is 0.247 e. The van der Waals surface area contributed by atoms with Gasteiger partial charge in [0, 0.05) is 31.5 Å². The van der Waals surface area contributed by atoms with Crippen LogP contribution in [0.4, 0.5) is 11.8 Å². The lowest BCUT2D eigenvalue weighted by Gasteiger charge is -2.34. The lowest BCUT2D eigenvalue weighted by atomic mass is 10.0. The predicted octanol–water partition coefficient (Wildman–Crippen LogP) is 2.65. The summed E-state index contributed by atoms with van der Waals surface area (Å²) in [5, 5.41) is 11.6. The Morgan fingerprint density at radius 3 is 3.09 bits per heavy atom. The van der Waals surface area contributed by atoms with Crippen LogP contribution in [0.2, 0.25) is 0 Å². The molecular weight excluding hydrogens is 276 g/mol. The second kappa shape index (κ2) is 7.15. The van der Waals surface area contributed by atoms with E-state index in [-0.39, 0.29) is 0 Å². The summed E-state index contributed by atoms with van der Waals surface area (Å²) in [6.45, 7) is 3.93. The molecule has 1 aliphatic heterocycles. The van der Waals surface area contributed by atoms with Crippen LogP contribution in [0.3, 0.4) is 0 Å². The summed E-state index contributed by atoms with van der Waals surface area (Å²) in [5.74, 6) is 1.50. The number of anilines is 2. The molecule has 3 rings (SSSR count). The number of piperidine rings is 1. The fourth-order valence-corrected chi connectivity index (χ4v) is 2.88. The first kappa shape index (κ1) is 14.7. The first-order valence-electron chi connectivity index (χ1n) is 7.96. The van der Waals surface area contributed by atoms with E-state index in [2.05, 4.69) is 37.3 Å². The summed E-state index contributed by atoms with van der Waals surface area (Å²) < 4.78 is 0. The lowest BCUT2D eigenvalue weighted by molar-refractivity contribution is 0.441. The first-order valence-corrected chi connectivity index (χ1v) is 7.96. The van der Waals surface area contributed by atoms with E-state index in [1.54, 1.807) is 12.4 Å². The zero-order valence-electron chi connectivity index (χ0n) is 12.9. The molecule has 0 radical (unpaired) electrons. The molecule has 0 saturated carbocycles. The van der Waals surface area contributed by atoms with Crippen LogP contribution in [-0.2, 0) is 6.54 Å². The SMILES string of the molecule is CCC1CCCCN1c1nncc(NCc2cccnc2)n1. The molecule has 1 saturated heterocycles. The van der Waals surface area contributed by atoms with Crippen molar-refractivity contribution in [1.29, 1.82) is 0 Å². The molecule has 1 N–H and O–H groups in total. The average molecular weight is 298 g/mol. The van der Waals surface area contributed by atoms with Gasteiger partial charge in [-0.3, -0.25) is 4.98 Å². The normalized spacial score (nSPS) is 18.2.